The van der Waals surface area contributed by atoms with E-state index in [0.29, 0.717) is 18.5 Å². The van der Waals surface area contributed by atoms with E-state index in [4.69, 9.17) is 17.3 Å². The Morgan fingerprint density at radius 3 is 2.67 bits per heavy atom. The van der Waals surface area contributed by atoms with Crippen LogP contribution in [0.1, 0.15) is 25.7 Å². The summed E-state index contributed by atoms with van der Waals surface area (Å²) in [5, 5.41) is 2.83. The molecule has 7 heteroatoms. The molecule has 116 valence electrons. The van der Waals surface area contributed by atoms with Crippen LogP contribution in [-0.2, 0) is 4.79 Å². The first-order valence-corrected chi connectivity index (χ1v) is 7.08. The number of hydrogen-bond acceptors (Lipinski definition) is 2. The van der Waals surface area contributed by atoms with Gasteiger partial charge in [0.2, 0.25) is 5.91 Å². The molecule has 2 atom stereocenters. The largest absolute Gasteiger partial charge is 0.397 e. The van der Waals surface area contributed by atoms with Gasteiger partial charge in [0.1, 0.15) is 0 Å². The fourth-order valence-corrected chi connectivity index (χ4v) is 2.85. The number of hydrogen-bond donors (Lipinski definition) is 2. The van der Waals surface area contributed by atoms with Crippen LogP contribution in [0.5, 0.6) is 0 Å². The molecule has 0 aliphatic heterocycles. The highest BCUT2D eigenvalue weighted by atomic mass is 35.5. The minimum absolute atomic E-state index is 0.0848. The number of anilines is 2. The molecule has 2 unspecified atom stereocenters. The molecule has 1 aliphatic carbocycles. The highest BCUT2D eigenvalue weighted by Crippen LogP contribution is 2.40. The Morgan fingerprint density at radius 1 is 1.33 bits per heavy atom. The predicted molar refractivity (Wildman–Crippen MR) is 76.0 cm³/mol. The monoisotopic (exact) mass is 320 g/mol. The number of carbonyl (C=O) groups excluding carboxylic acids is 1. The molecule has 0 bridgehead atoms. The molecule has 21 heavy (non-hydrogen) atoms. The van der Waals surface area contributed by atoms with Crippen molar-refractivity contribution in [2.75, 3.05) is 11.1 Å². The molecule has 0 saturated heterocycles. The van der Waals surface area contributed by atoms with Crippen LogP contribution in [0.3, 0.4) is 0 Å². The van der Waals surface area contributed by atoms with E-state index >= 15 is 0 Å². The maximum Gasteiger partial charge on any atom is 0.391 e. The summed E-state index contributed by atoms with van der Waals surface area (Å²) in [5.74, 6) is -2.53. The van der Waals surface area contributed by atoms with Crippen molar-refractivity contribution in [2.45, 2.75) is 31.9 Å². The summed E-state index contributed by atoms with van der Waals surface area (Å²) in [6, 6.07) is 4.77. The fourth-order valence-electron chi connectivity index (χ4n) is 2.62. The number of alkyl halides is 3. The van der Waals surface area contributed by atoms with Gasteiger partial charge in [-0.3, -0.25) is 4.79 Å². The van der Waals surface area contributed by atoms with Crippen LogP contribution in [0, 0.1) is 11.8 Å². The fraction of sp³-hybridized carbons (Fsp3) is 0.500. The van der Waals surface area contributed by atoms with Crippen molar-refractivity contribution in [1.82, 2.24) is 0 Å². The molecule has 1 aromatic rings. The average molecular weight is 321 g/mol. The number of para-hydroxylation sites is 1. The van der Waals surface area contributed by atoms with E-state index in [1.54, 1.807) is 18.2 Å². The van der Waals surface area contributed by atoms with Crippen LogP contribution in [0.4, 0.5) is 24.5 Å². The quantitative estimate of drug-likeness (QED) is 0.801. The number of nitrogens with one attached hydrogen (secondary N) is 1. The number of rotatable bonds is 2. The van der Waals surface area contributed by atoms with Crippen LogP contribution in [-0.4, -0.2) is 12.1 Å². The summed E-state index contributed by atoms with van der Waals surface area (Å²) in [6.45, 7) is 0. The van der Waals surface area contributed by atoms with Crippen LogP contribution in [0.2, 0.25) is 5.02 Å². The van der Waals surface area contributed by atoms with Gasteiger partial charge in [0.25, 0.3) is 0 Å². The Hall–Kier alpha value is -1.43. The minimum atomic E-state index is -4.25. The van der Waals surface area contributed by atoms with Gasteiger partial charge in [-0.15, -0.1) is 0 Å². The van der Waals surface area contributed by atoms with E-state index in [9.17, 15) is 18.0 Å². The van der Waals surface area contributed by atoms with E-state index < -0.39 is 23.9 Å². The normalized spacial score (nSPS) is 22.9. The number of halogens is 4. The standard InChI is InChI=1S/C14H16ClF3N2O/c15-10-5-2-6-11(19)12(10)20-13(21)8-3-1-4-9(7-8)14(16,17)18/h2,5-6,8-9H,1,3-4,7,19H2,(H,20,21). The van der Waals surface area contributed by atoms with Crippen molar-refractivity contribution in [3.8, 4) is 0 Å². The number of benzene rings is 1. The molecule has 1 aliphatic rings. The second kappa shape index (κ2) is 6.13. The SMILES string of the molecule is Nc1cccc(Cl)c1NC(=O)C1CCCC(C(F)(F)F)C1. The molecule has 3 nitrogen and oxygen atoms in total. The van der Waals surface area contributed by atoms with Gasteiger partial charge >= 0.3 is 6.18 Å². The van der Waals surface area contributed by atoms with Gasteiger partial charge in [-0.1, -0.05) is 24.1 Å². The molecular formula is C14H16ClF3N2O. The molecule has 0 radical (unpaired) electrons. The van der Waals surface area contributed by atoms with Crippen molar-refractivity contribution in [1.29, 1.82) is 0 Å². The Morgan fingerprint density at radius 2 is 2.05 bits per heavy atom. The van der Waals surface area contributed by atoms with Crippen LogP contribution >= 0.6 is 11.6 Å². The Bertz CT molecular complexity index is 513. The summed E-state index contributed by atoms with van der Waals surface area (Å²) in [5.41, 5.74) is 6.27. The molecule has 0 aromatic heterocycles. The second-order valence-corrected chi connectivity index (χ2v) is 5.70. The lowest BCUT2D eigenvalue weighted by molar-refractivity contribution is -0.185. The van der Waals surface area contributed by atoms with E-state index in [-0.39, 0.29) is 23.6 Å². The smallest absolute Gasteiger partial charge is 0.391 e. The zero-order valence-corrected chi connectivity index (χ0v) is 12.0. The van der Waals surface area contributed by atoms with Gasteiger partial charge in [-0.2, -0.15) is 13.2 Å². The van der Waals surface area contributed by atoms with Gasteiger partial charge in [0, 0.05) is 5.92 Å². The highest BCUT2D eigenvalue weighted by Gasteiger charge is 2.43. The molecule has 0 spiro atoms. The predicted octanol–water partition coefficient (Wildman–Crippen LogP) is 4.23. The molecule has 3 N–H and O–H groups in total. The average Bonchev–Trinajstić information content (AvgIpc) is 2.42. The summed E-state index contributed by atoms with van der Waals surface area (Å²) >= 11 is 5.94. The maximum atomic E-state index is 12.8. The first-order chi connectivity index (χ1) is 9.79. The Balaban J connectivity index is 2.07. The lowest BCUT2D eigenvalue weighted by atomic mass is 9.80. The van der Waals surface area contributed by atoms with Gasteiger partial charge in [-0.05, 0) is 31.4 Å². The summed E-state index contributed by atoms with van der Waals surface area (Å²) < 4.78 is 38.3. The molecule has 1 aromatic carbocycles. The second-order valence-electron chi connectivity index (χ2n) is 5.30. The number of carbonyl (C=O) groups is 1. The summed E-state index contributed by atoms with van der Waals surface area (Å²) in [4.78, 5) is 12.2. The number of amides is 1. The maximum absolute atomic E-state index is 12.8. The van der Waals surface area contributed by atoms with Crippen molar-refractivity contribution in [3.63, 3.8) is 0 Å². The lowest BCUT2D eigenvalue weighted by Crippen LogP contribution is -2.34. The van der Waals surface area contributed by atoms with Crippen LogP contribution in [0.15, 0.2) is 18.2 Å². The highest BCUT2D eigenvalue weighted by molar-refractivity contribution is 6.34. The summed E-state index contributed by atoms with van der Waals surface area (Å²) in [6.07, 6.45) is -3.51. The number of nitrogen functional groups attached to an aromatic ring is 1. The number of nitrogens with two attached hydrogens (primary N) is 1. The molecule has 1 amide bonds. The van der Waals surface area contributed by atoms with E-state index in [1.165, 1.54) is 0 Å². The van der Waals surface area contributed by atoms with Crippen molar-refractivity contribution in [3.05, 3.63) is 23.2 Å². The van der Waals surface area contributed by atoms with Gasteiger partial charge in [-0.25, -0.2) is 0 Å². The van der Waals surface area contributed by atoms with Gasteiger partial charge in [0.05, 0.1) is 22.3 Å². The Labute approximate surface area is 125 Å². The topological polar surface area (TPSA) is 55.1 Å². The minimum Gasteiger partial charge on any atom is -0.397 e. The van der Waals surface area contributed by atoms with E-state index in [1.807, 2.05) is 0 Å². The molecule has 1 fully saturated rings. The van der Waals surface area contributed by atoms with Crippen LogP contribution < -0.4 is 11.1 Å². The zero-order valence-electron chi connectivity index (χ0n) is 11.2. The van der Waals surface area contributed by atoms with Crippen molar-refractivity contribution < 1.29 is 18.0 Å². The third-order valence-corrected chi connectivity index (χ3v) is 4.12. The third kappa shape index (κ3) is 3.81. The van der Waals surface area contributed by atoms with E-state index in [2.05, 4.69) is 5.32 Å². The molecular weight excluding hydrogens is 305 g/mol. The van der Waals surface area contributed by atoms with Gasteiger partial charge in [0.15, 0.2) is 0 Å². The first kappa shape index (κ1) is 15.9. The first-order valence-electron chi connectivity index (χ1n) is 6.70. The molecule has 2 rings (SSSR count). The Kier molecular flexibility index (Phi) is 4.66. The summed E-state index contributed by atoms with van der Waals surface area (Å²) in [7, 11) is 0. The zero-order chi connectivity index (χ0) is 15.6. The van der Waals surface area contributed by atoms with Crippen molar-refractivity contribution in [2.24, 2.45) is 11.8 Å². The molecule has 1 saturated carbocycles. The van der Waals surface area contributed by atoms with Crippen LogP contribution in [0.25, 0.3) is 0 Å². The van der Waals surface area contributed by atoms with Crippen molar-refractivity contribution >= 4 is 28.9 Å². The van der Waals surface area contributed by atoms with E-state index in [0.717, 1.165) is 0 Å². The van der Waals surface area contributed by atoms with Gasteiger partial charge < -0.3 is 11.1 Å². The third-order valence-electron chi connectivity index (χ3n) is 3.80. The molecule has 0 heterocycles. The lowest BCUT2D eigenvalue weighted by Gasteiger charge is -2.29.